The highest BCUT2D eigenvalue weighted by Gasteiger charge is 2.30. The van der Waals surface area contributed by atoms with Gasteiger partial charge in [-0.25, -0.2) is 4.98 Å². The van der Waals surface area contributed by atoms with E-state index in [1.54, 1.807) is 12.4 Å². The van der Waals surface area contributed by atoms with E-state index < -0.39 is 0 Å². The molecule has 3 rings (SSSR count). The maximum Gasteiger partial charge on any atom is 0.280 e. The lowest BCUT2D eigenvalue weighted by molar-refractivity contribution is -0.0615. The highest BCUT2D eigenvalue weighted by molar-refractivity contribution is 7.20. The Morgan fingerprint density at radius 1 is 1.55 bits per heavy atom. The molecule has 5 nitrogen and oxygen atoms in total. The number of nitrogens with zero attached hydrogens (tertiary/aromatic N) is 2. The van der Waals surface area contributed by atoms with Crippen LogP contribution in [0, 0.1) is 0 Å². The average molecular weight is 291 g/mol. The van der Waals surface area contributed by atoms with Crippen molar-refractivity contribution in [1.82, 2.24) is 15.3 Å². The van der Waals surface area contributed by atoms with Crippen molar-refractivity contribution in [3.05, 3.63) is 23.5 Å². The predicted octanol–water partition coefficient (Wildman–Crippen LogP) is 2.38. The summed E-state index contributed by atoms with van der Waals surface area (Å²) >= 11 is 1.40. The molecule has 20 heavy (non-hydrogen) atoms. The normalized spacial score (nSPS) is 21.8. The highest BCUT2D eigenvalue weighted by Crippen LogP contribution is 2.25. The SMILES string of the molecule is CC1(C)C[C@@H](NC(=O)c2nc3cnccc3s2)CCO1. The molecule has 0 spiro atoms. The molecule has 0 unspecified atom stereocenters. The van der Waals surface area contributed by atoms with Gasteiger partial charge in [-0.3, -0.25) is 9.78 Å². The van der Waals surface area contributed by atoms with Crippen LogP contribution >= 0.6 is 11.3 Å². The first kappa shape index (κ1) is 13.5. The van der Waals surface area contributed by atoms with E-state index in [1.807, 2.05) is 6.07 Å². The van der Waals surface area contributed by atoms with Gasteiger partial charge in [-0.1, -0.05) is 0 Å². The summed E-state index contributed by atoms with van der Waals surface area (Å²) < 4.78 is 6.64. The molecule has 2 aromatic rings. The number of hydrogen-bond donors (Lipinski definition) is 1. The summed E-state index contributed by atoms with van der Waals surface area (Å²) in [6.45, 7) is 4.78. The van der Waals surface area contributed by atoms with Crippen LogP contribution in [0.5, 0.6) is 0 Å². The van der Waals surface area contributed by atoms with Gasteiger partial charge < -0.3 is 10.1 Å². The standard InChI is InChI=1S/C14H17N3O2S/c1-14(2)7-9(4-6-19-14)16-12(18)13-17-10-8-15-5-3-11(10)20-13/h3,5,8-9H,4,6-7H2,1-2H3,(H,16,18)/t9-/m0/s1. The van der Waals surface area contributed by atoms with Crippen LogP contribution in [0.25, 0.3) is 10.2 Å². The zero-order valence-electron chi connectivity index (χ0n) is 11.5. The highest BCUT2D eigenvalue weighted by atomic mass is 32.1. The van der Waals surface area contributed by atoms with Crippen molar-refractivity contribution in [3.63, 3.8) is 0 Å². The zero-order chi connectivity index (χ0) is 14.2. The number of hydrogen-bond acceptors (Lipinski definition) is 5. The van der Waals surface area contributed by atoms with Crippen molar-refractivity contribution in [2.45, 2.75) is 38.3 Å². The molecule has 106 valence electrons. The van der Waals surface area contributed by atoms with Gasteiger partial charge >= 0.3 is 0 Å². The molecule has 0 radical (unpaired) electrons. The molecular weight excluding hydrogens is 274 g/mol. The third kappa shape index (κ3) is 2.81. The summed E-state index contributed by atoms with van der Waals surface area (Å²) in [6, 6.07) is 2.03. The Morgan fingerprint density at radius 2 is 2.40 bits per heavy atom. The molecule has 1 aliphatic rings. The fraction of sp³-hybridized carbons (Fsp3) is 0.500. The molecule has 2 aromatic heterocycles. The summed E-state index contributed by atoms with van der Waals surface area (Å²) in [7, 11) is 0. The smallest absolute Gasteiger partial charge is 0.280 e. The van der Waals surface area contributed by atoms with Crippen LogP contribution in [0.1, 0.15) is 36.5 Å². The van der Waals surface area contributed by atoms with E-state index >= 15 is 0 Å². The lowest BCUT2D eigenvalue weighted by atomic mass is 9.94. The fourth-order valence-electron chi connectivity index (χ4n) is 2.48. The number of thiazole rings is 1. The Hall–Kier alpha value is -1.53. The van der Waals surface area contributed by atoms with E-state index in [0.717, 1.165) is 23.1 Å². The summed E-state index contributed by atoms with van der Waals surface area (Å²) in [5.41, 5.74) is 0.600. The number of pyridine rings is 1. The van der Waals surface area contributed by atoms with E-state index in [9.17, 15) is 4.79 Å². The van der Waals surface area contributed by atoms with E-state index in [-0.39, 0.29) is 17.6 Å². The van der Waals surface area contributed by atoms with Crippen LogP contribution in [0.4, 0.5) is 0 Å². The predicted molar refractivity (Wildman–Crippen MR) is 77.9 cm³/mol. The molecule has 1 aliphatic heterocycles. The van der Waals surface area contributed by atoms with Gasteiger partial charge in [0.1, 0.15) is 5.52 Å². The minimum absolute atomic E-state index is 0.103. The maximum atomic E-state index is 12.3. The largest absolute Gasteiger partial charge is 0.375 e. The molecule has 0 aliphatic carbocycles. The third-order valence-electron chi connectivity index (χ3n) is 3.42. The Bertz CT molecular complexity index is 605. The second-order valence-corrected chi connectivity index (χ2v) is 6.66. The monoisotopic (exact) mass is 291 g/mol. The van der Waals surface area contributed by atoms with Crippen molar-refractivity contribution in [2.24, 2.45) is 0 Å². The molecule has 1 fully saturated rings. The van der Waals surface area contributed by atoms with Crippen LogP contribution in [0.15, 0.2) is 18.5 Å². The summed E-state index contributed by atoms with van der Waals surface area (Å²) in [6.07, 6.45) is 5.07. The molecule has 6 heteroatoms. The molecule has 3 heterocycles. The topological polar surface area (TPSA) is 64.1 Å². The number of ether oxygens (including phenoxy) is 1. The molecule has 1 N–H and O–H groups in total. The van der Waals surface area contributed by atoms with E-state index in [2.05, 4.69) is 29.1 Å². The number of carbonyl (C=O) groups excluding carboxylic acids is 1. The number of rotatable bonds is 2. The molecule has 0 aromatic carbocycles. The van der Waals surface area contributed by atoms with Crippen LogP contribution < -0.4 is 5.32 Å². The van der Waals surface area contributed by atoms with Gasteiger partial charge in [-0.05, 0) is 32.8 Å². The van der Waals surface area contributed by atoms with Gasteiger partial charge in [-0.15, -0.1) is 11.3 Å². The summed E-state index contributed by atoms with van der Waals surface area (Å²) in [4.78, 5) is 20.6. The number of nitrogens with one attached hydrogen (secondary N) is 1. The molecule has 1 amide bonds. The zero-order valence-corrected chi connectivity index (χ0v) is 12.4. The first-order chi connectivity index (χ1) is 9.53. The average Bonchev–Trinajstić information content (AvgIpc) is 2.81. The van der Waals surface area contributed by atoms with Crippen molar-refractivity contribution in [3.8, 4) is 0 Å². The van der Waals surface area contributed by atoms with E-state index in [1.165, 1.54) is 11.3 Å². The van der Waals surface area contributed by atoms with Crippen molar-refractivity contribution < 1.29 is 9.53 Å². The quantitative estimate of drug-likeness (QED) is 0.922. The summed E-state index contributed by atoms with van der Waals surface area (Å²) in [5.74, 6) is -0.103. The van der Waals surface area contributed by atoms with Crippen molar-refractivity contribution >= 4 is 27.5 Å². The third-order valence-corrected chi connectivity index (χ3v) is 4.45. The first-order valence-corrected chi connectivity index (χ1v) is 7.50. The Labute approximate surface area is 121 Å². The van der Waals surface area contributed by atoms with Crippen molar-refractivity contribution in [2.75, 3.05) is 6.61 Å². The van der Waals surface area contributed by atoms with Gasteiger partial charge in [0.25, 0.3) is 5.91 Å². The van der Waals surface area contributed by atoms with Gasteiger partial charge in [0, 0.05) is 18.8 Å². The van der Waals surface area contributed by atoms with Crippen LogP contribution in [-0.2, 0) is 4.74 Å². The lowest BCUT2D eigenvalue weighted by Crippen LogP contribution is -2.45. The van der Waals surface area contributed by atoms with Gasteiger partial charge in [0.2, 0.25) is 0 Å². The Balaban J connectivity index is 1.72. The van der Waals surface area contributed by atoms with E-state index in [4.69, 9.17) is 4.74 Å². The van der Waals surface area contributed by atoms with Crippen molar-refractivity contribution in [1.29, 1.82) is 0 Å². The summed E-state index contributed by atoms with van der Waals surface area (Å²) in [5, 5.41) is 3.56. The molecule has 1 atom stereocenters. The van der Waals surface area contributed by atoms with Crippen LogP contribution in [0.3, 0.4) is 0 Å². The van der Waals surface area contributed by atoms with Crippen LogP contribution in [0.2, 0.25) is 0 Å². The molecule has 0 saturated carbocycles. The van der Waals surface area contributed by atoms with E-state index in [0.29, 0.717) is 11.6 Å². The minimum Gasteiger partial charge on any atom is -0.375 e. The second kappa shape index (κ2) is 5.10. The number of fused-ring (bicyclic) bond motifs is 1. The molecule has 0 bridgehead atoms. The van der Waals surface area contributed by atoms with Gasteiger partial charge in [-0.2, -0.15) is 0 Å². The fourth-order valence-corrected chi connectivity index (χ4v) is 3.32. The first-order valence-electron chi connectivity index (χ1n) is 6.69. The van der Waals surface area contributed by atoms with Gasteiger partial charge in [0.15, 0.2) is 5.01 Å². The Kier molecular flexibility index (Phi) is 3.43. The lowest BCUT2D eigenvalue weighted by Gasteiger charge is -2.35. The minimum atomic E-state index is -0.173. The number of carbonyl (C=O) groups is 1. The maximum absolute atomic E-state index is 12.3. The molecular formula is C14H17N3O2S. The Morgan fingerprint density at radius 3 is 3.15 bits per heavy atom. The molecule has 1 saturated heterocycles. The number of aromatic nitrogens is 2. The van der Waals surface area contributed by atoms with Crippen LogP contribution in [-0.4, -0.2) is 34.1 Å². The number of amides is 1. The second-order valence-electron chi connectivity index (χ2n) is 5.63. The van der Waals surface area contributed by atoms with Gasteiger partial charge in [0.05, 0.1) is 16.5 Å².